The van der Waals surface area contributed by atoms with Gasteiger partial charge < -0.3 is 10.4 Å². The molecule has 0 aliphatic carbocycles. The van der Waals surface area contributed by atoms with Crippen LogP contribution in [0.25, 0.3) is 0 Å². The molecule has 0 aliphatic rings. The molecule has 0 aliphatic heterocycles. The average molecular weight is 288 g/mol. The lowest BCUT2D eigenvalue weighted by Gasteiger charge is -2.03. The number of carbonyl (C=O) groups excluding carboxylic acids is 1. The zero-order valence-electron chi connectivity index (χ0n) is 11.6. The van der Waals surface area contributed by atoms with Crippen molar-refractivity contribution in [3.63, 3.8) is 0 Å². The van der Waals surface area contributed by atoms with Gasteiger partial charge in [-0.25, -0.2) is 4.68 Å². The Hall–Kier alpha value is -2.70. The van der Waals surface area contributed by atoms with Crippen molar-refractivity contribution >= 4 is 11.9 Å². The molecule has 1 aromatic carbocycles. The molecule has 7 heteroatoms. The van der Waals surface area contributed by atoms with Gasteiger partial charge in [-0.15, -0.1) is 5.10 Å². The molecule has 0 saturated carbocycles. The number of hydrogen-bond donors (Lipinski definition) is 2. The van der Waals surface area contributed by atoms with Crippen LogP contribution in [0.3, 0.4) is 0 Å². The third-order valence-electron chi connectivity index (χ3n) is 2.84. The monoisotopic (exact) mass is 288 g/mol. The third kappa shape index (κ3) is 4.72. The van der Waals surface area contributed by atoms with Crippen LogP contribution >= 0.6 is 0 Å². The van der Waals surface area contributed by atoms with Gasteiger partial charge in [0.25, 0.3) is 0 Å². The number of rotatable bonds is 6. The van der Waals surface area contributed by atoms with Gasteiger partial charge >= 0.3 is 5.97 Å². The number of carbonyl (C=O) groups is 2. The van der Waals surface area contributed by atoms with Crippen molar-refractivity contribution in [1.82, 2.24) is 20.3 Å². The van der Waals surface area contributed by atoms with Gasteiger partial charge in [0.05, 0.1) is 19.2 Å². The summed E-state index contributed by atoms with van der Waals surface area (Å²) in [6.07, 6.45) is 1.80. The molecule has 0 bridgehead atoms. The fourth-order valence-corrected chi connectivity index (χ4v) is 1.78. The number of aryl methyl sites for hydroxylation is 1. The highest BCUT2D eigenvalue weighted by Gasteiger charge is 2.07. The van der Waals surface area contributed by atoms with Crippen LogP contribution in [0.1, 0.15) is 16.8 Å². The van der Waals surface area contributed by atoms with Crippen LogP contribution in [0.2, 0.25) is 0 Å². The van der Waals surface area contributed by atoms with E-state index < -0.39 is 5.97 Å². The van der Waals surface area contributed by atoms with E-state index in [-0.39, 0.29) is 19.0 Å². The van der Waals surface area contributed by atoms with E-state index in [0.717, 1.165) is 11.1 Å². The van der Waals surface area contributed by atoms with Gasteiger partial charge in [0.1, 0.15) is 12.2 Å². The van der Waals surface area contributed by atoms with Crippen LogP contribution in [-0.2, 0) is 29.1 Å². The molecule has 2 aromatic rings. The second kappa shape index (κ2) is 6.65. The number of carboxylic acids is 1. The SMILES string of the molecule is Cc1ccc(CC(=O)NCc2cn(CC(=O)O)nn2)cc1. The third-order valence-corrected chi connectivity index (χ3v) is 2.84. The maximum absolute atomic E-state index is 11.8. The minimum atomic E-state index is -0.991. The molecule has 7 nitrogen and oxygen atoms in total. The first-order chi connectivity index (χ1) is 10.0. The Morgan fingerprint density at radius 2 is 2.00 bits per heavy atom. The highest BCUT2D eigenvalue weighted by atomic mass is 16.4. The van der Waals surface area contributed by atoms with Gasteiger partial charge in [-0.3, -0.25) is 9.59 Å². The summed E-state index contributed by atoms with van der Waals surface area (Å²) in [7, 11) is 0. The molecular formula is C14H16N4O3. The number of hydrogen-bond acceptors (Lipinski definition) is 4. The first kappa shape index (κ1) is 14.7. The summed E-state index contributed by atoms with van der Waals surface area (Å²) < 4.78 is 1.21. The molecular weight excluding hydrogens is 272 g/mol. The molecule has 2 rings (SSSR count). The number of carboxylic acid groups (broad SMARTS) is 1. The molecule has 21 heavy (non-hydrogen) atoms. The van der Waals surface area contributed by atoms with E-state index in [4.69, 9.17) is 5.11 Å². The Kier molecular flexibility index (Phi) is 4.65. The van der Waals surface area contributed by atoms with Gasteiger partial charge in [0.2, 0.25) is 5.91 Å². The first-order valence-electron chi connectivity index (χ1n) is 6.46. The highest BCUT2D eigenvalue weighted by Crippen LogP contribution is 2.04. The van der Waals surface area contributed by atoms with E-state index in [1.807, 2.05) is 31.2 Å². The minimum absolute atomic E-state index is 0.119. The summed E-state index contributed by atoms with van der Waals surface area (Å²) in [5.74, 6) is -1.11. The van der Waals surface area contributed by atoms with E-state index in [0.29, 0.717) is 12.1 Å². The van der Waals surface area contributed by atoms with E-state index in [9.17, 15) is 9.59 Å². The molecule has 0 spiro atoms. The summed E-state index contributed by atoms with van der Waals surface area (Å²) in [6.45, 7) is 1.97. The Balaban J connectivity index is 1.82. The molecule has 2 N–H and O–H groups in total. The maximum atomic E-state index is 11.8. The van der Waals surface area contributed by atoms with Crippen LogP contribution < -0.4 is 5.32 Å². The van der Waals surface area contributed by atoms with Gasteiger partial charge in [0.15, 0.2) is 0 Å². The topological polar surface area (TPSA) is 97.1 Å². The predicted molar refractivity (Wildman–Crippen MR) is 74.4 cm³/mol. The standard InChI is InChI=1S/C14H16N4O3/c1-10-2-4-11(5-3-10)6-13(19)15-7-12-8-18(17-16-12)9-14(20)21/h2-5,8H,6-7,9H2,1H3,(H,15,19)(H,20,21). The van der Waals surface area contributed by atoms with Gasteiger partial charge in [-0.05, 0) is 12.5 Å². The largest absolute Gasteiger partial charge is 0.480 e. The second-order valence-corrected chi connectivity index (χ2v) is 4.74. The van der Waals surface area contributed by atoms with Gasteiger partial charge in [-0.1, -0.05) is 35.0 Å². The molecule has 0 fully saturated rings. The Labute approximate surface area is 121 Å². The fourth-order valence-electron chi connectivity index (χ4n) is 1.78. The molecule has 1 heterocycles. The second-order valence-electron chi connectivity index (χ2n) is 4.74. The molecule has 0 saturated heterocycles. The van der Waals surface area contributed by atoms with Crippen LogP contribution in [0.4, 0.5) is 0 Å². The van der Waals surface area contributed by atoms with Crippen LogP contribution in [0.15, 0.2) is 30.5 Å². The molecule has 110 valence electrons. The summed E-state index contributed by atoms with van der Waals surface area (Å²) in [5, 5.41) is 18.8. The predicted octanol–water partition coefficient (Wildman–Crippen LogP) is 0.530. The Morgan fingerprint density at radius 1 is 1.29 bits per heavy atom. The van der Waals surface area contributed by atoms with E-state index in [1.54, 1.807) is 0 Å². The van der Waals surface area contributed by atoms with Crippen molar-refractivity contribution in [3.8, 4) is 0 Å². The lowest BCUT2D eigenvalue weighted by atomic mass is 10.1. The zero-order chi connectivity index (χ0) is 15.2. The van der Waals surface area contributed by atoms with Crippen LogP contribution in [-0.4, -0.2) is 32.0 Å². The first-order valence-corrected chi connectivity index (χ1v) is 6.46. The number of benzene rings is 1. The van der Waals surface area contributed by atoms with Crippen molar-refractivity contribution < 1.29 is 14.7 Å². The fraction of sp³-hybridized carbons (Fsp3) is 0.286. The Bertz CT molecular complexity index is 634. The minimum Gasteiger partial charge on any atom is -0.480 e. The summed E-state index contributed by atoms with van der Waals surface area (Å²) in [6, 6.07) is 7.75. The summed E-state index contributed by atoms with van der Waals surface area (Å²) in [4.78, 5) is 22.3. The van der Waals surface area contributed by atoms with Gasteiger partial charge in [0, 0.05) is 0 Å². The Morgan fingerprint density at radius 3 is 2.67 bits per heavy atom. The van der Waals surface area contributed by atoms with Crippen molar-refractivity contribution in [2.45, 2.75) is 26.4 Å². The van der Waals surface area contributed by atoms with E-state index in [1.165, 1.54) is 10.9 Å². The number of nitrogens with zero attached hydrogens (tertiary/aromatic N) is 3. The number of aromatic nitrogens is 3. The van der Waals surface area contributed by atoms with Crippen molar-refractivity contribution in [1.29, 1.82) is 0 Å². The zero-order valence-corrected chi connectivity index (χ0v) is 11.6. The maximum Gasteiger partial charge on any atom is 0.325 e. The van der Waals surface area contributed by atoms with E-state index >= 15 is 0 Å². The number of aliphatic carboxylic acids is 1. The quantitative estimate of drug-likeness (QED) is 0.808. The molecule has 1 aromatic heterocycles. The van der Waals surface area contributed by atoms with Crippen LogP contribution in [0, 0.1) is 6.92 Å². The lowest BCUT2D eigenvalue weighted by molar-refractivity contribution is -0.138. The van der Waals surface area contributed by atoms with Crippen molar-refractivity contribution in [3.05, 3.63) is 47.3 Å². The summed E-state index contributed by atoms with van der Waals surface area (Å²) >= 11 is 0. The lowest BCUT2D eigenvalue weighted by Crippen LogP contribution is -2.24. The number of amides is 1. The normalized spacial score (nSPS) is 10.3. The van der Waals surface area contributed by atoms with Crippen LogP contribution in [0.5, 0.6) is 0 Å². The van der Waals surface area contributed by atoms with Gasteiger partial charge in [-0.2, -0.15) is 0 Å². The molecule has 1 amide bonds. The summed E-state index contributed by atoms with van der Waals surface area (Å²) in [5.41, 5.74) is 2.61. The van der Waals surface area contributed by atoms with E-state index in [2.05, 4.69) is 15.6 Å². The molecule has 0 atom stereocenters. The number of nitrogens with one attached hydrogen (secondary N) is 1. The van der Waals surface area contributed by atoms with Crippen molar-refractivity contribution in [2.24, 2.45) is 0 Å². The molecule has 0 unspecified atom stereocenters. The van der Waals surface area contributed by atoms with Crippen molar-refractivity contribution in [2.75, 3.05) is 0 Å². The average Bonchev–Trinajstić information content (AvgIpc) is 2.86. The molecule has 0 radical (unpaired) electrons. The highest BCUT2D eigenvalue weighted by molar-refractivity contribution is 5.78. The smallest absolute Gasteiger partial charge is 0.325 e.